The number of hydrogen-bond donors (Lipinski definition) is 2. The van der Waals surface area contributed by atoms with Crippen molar-refractivity contribution in [3.05, 3.63) is 16.5 Å². The van der Waals surface area contributed by atoms with E-state index >= 15 is 0 Å². The molecule has 0 aliphatic heterocycles. The van der Waals surface area contributed by atoms with E-state index in [-0.39, 0.29) is 24.8 Å². The second-order valence-corrected chi connectivity index (χ2v) is 5.50. The van der Waals surface area contributed by atoms with Crippen molar-refractivity contribution in [2.75, 3.05) is 18.9 Å². The molecule has 1 heterocycles. The second kappa shape index (κ2) is 7.04. The quantitative estimate of drug-likeness (QED) is 0.838. The van der Waals surface area contributed by atoms with Gasteiger partial charge in [0.15, 0.2) is 0 Å². The molecule has 1 aromatic heterocycles. The largest absolute Gasteiger partial charge is 0.481 e. The fraction of sp³-hybridized carbons (Fsp3) is 0.462. The zero-order valence-corrected chi connectivity index (χ0v) is 12.5. The van der Waals surface area contributed by atoms with Gasteiger partial charge in [-0.05, 0) is 12.5 Å². The number of hydrogen-bond acceptors (Lipinski definition) is 4. The molecule has 0 aliphatic rings. The number of carbonyl (C=O) groups excluding carboxylic acids is 2. The monoisotopic (exact) mass is 298 g/mol. The van der Waals surface area contributed by atoms with E-state index in [2.05, 4.69) is 5.32 Å². The maximum atomic E-state index is 12.3. The van der Waals surface area contributed by atoms with Gasteiger partial charge in [0.25, 0.3) is 5.91 Å². The summed E-state index contributed by atoms with van der Waals surface area (Å²) >= 11 is 1.36. The van der Waals surface area contributed by atoms with Crippen molar-refractivity contribution in [3.8, 4) is 0 Å². The topological polar surface area (TPSA) is 86.7 Å². The van der Waals surface area contributed by atoms with E-state index in [4.69, 9.17) is 5.11 Å². The van der Waals surface area contributed by atoms with Crippen LogP contribution in [0.3, 0.4) is 0 Å². The highest BCUT2D eigenvalue weighted by atomic mass is 32.1. The van der Waals surface area contributed by atoms with Gasteiger partial charge in [-0.1, -0.05) is 6.92 Å². The summed E-state index contributed by atoms with van der Waals surface area (Å²) in [4.78, 5) is 36.3. The fourth-order valence-electron chi connectivity index (χ4n) is 1.60. The smallest absolute Gasteiger partial charge is 0.305 e. The van der Waals surface area contributed by atoms with Crippen LogP contribution in [0.25, 0.3) is 0 Å². The van der Waals surface area contributed by atoms with Crippen LogP contribution in [0.4, 0.5) is 5.00 Å². The first-order chi connectivity index (χ1) is 9.35. The summed E-state index contributed by atoms with van der Waals surface area (Å²) in [5, 5.41) is 11.8. The van der Waals surface area contributed by atoms with Gasteiger partial charge in [0.2, 0.25) is 5.91 Å². The van der Waals surface area contributed by atoms with E-state index in [1.807, 2.05) is 6.92 Å². The van der Waals surface area contributed by atoms with Crippen LogP contribution < -0.4 is 5.32 Å². The van der Waals surface area contributed by atoms with E-state index in [1.54, 1.807) is 13.1 Å². The Morgan fingerprint density at radius 3 is 2.55 bits per heavy atom. The molecule has 0 spiro atoms. The second-order valence-electron chi connectivity index (χ2n) is 4.36. The molecule has 0 aliphatic carbocycles. The van der Waals surface area contributed by atoms with Gasteiger partial charge in [0.1, 0.15) is 5.00 Å². The van der Waals surface area contributed by atoms with Gasteiger partial charge in [0, 0.05) is 25.4 Å². The van der Waals surface area contributed by atoms with Crippen molar-refractivity contribution >= 4 is 34.1 Å². The van der Waals surface area contributed by atoms with Gasteiger partial charge in [-0.2, -0.15) is 0 Å². The summed E-state index contributed by atoms with van der Waals surface area (Å²) in [6.45, 7) is 3.48. The molecule has 0 saturated carbocycles. The fourth-order valence-corrected chi connectivity index (χ4v) is 2.63. The van der Waals surface area contributed by atoms with Gasteiger partial charge in [0.05, 0.1) is 12.0 Å². The average molecular weight is 298 g/mol. The number of carboxylic acids is 1. The van der Waals surface area contributed by atoms with Gasteiger partial charge in [-0.15, -0.1) is 11.3 Å². The summed E-state index contributed by atoms with van der Waals surface area (Å²) in [5.41, 5.74) is 0.412. The molecule has 20 heavy (non-hydrogen) atoms. The Morgan fingerprint density at radius 1 is 1.40 bits per heavy atom. The first kappa shape index (κ1) is 16.2. The molecule has 110 valence electrons. The number of thiophene rings is 1. The average Bonchev–Trinajstić information content (AvgIpc) is 2.77. The van der Waals surface area contributed by atoms with Crippen LogP contribution in [0.1, 0.15) is 35.5 Å². The number of nitrogens with zero attached hydrogens (tertiary/aromatic N) is 1. The lowest BCUT2D eigenvalue weighted by molar-refractivity contribution is -0.137. The Bertz CT molecular complexity index is 524. The molecule has 0 fully saturated rings. The number of aryl methyl sites for hydroxylation is 1. The number of aliphatic carboxylic acids is 1. The number of carbonyl (C=O) groups is 3. The zero-order chi connectivity index (χ0) is 15.3. The van der Waals surface area contributed by atoms with E-state index in [9.17, 15) is 14.4 Å². The molecule has 6 nitrogen and oxygen atoms in total. The molecule has 1 rings (SSSR count). The summed E-state index contributed by atoms with van der Waals surface area (Å²) in [5.74, 6) is -1.48. The van der Waals surface area contributed by atoms with E-state index in [1.165, 1.54) is 23.2 Å². The molecule has 7 heteroatoms. The molecule has 2 N–H and O–H groups in total. The van der Waals surface area contributed by atoms with Crippen molar-refractivity contribution in [1.82, 2.24) is 4.90 Å². The molecule has 0 unspecified atom stereocenters. The van der Waals surface area contributed by atoms with Crippen molar-refractivity contribution in [3.63, 3.8) is 0 Å². The predicted molar refractivity (Wildman–Crippen MR) is 77.2 cm³/mol. The van der Waals surface area contributed by atoms with Crippen LogP contribution in [0.15, 0.2) is 6.07 Å². The third kappa shape index (κ3) is 4.34. The van der Waals surface area contributed by atoms with Crippen LogP contribution in [0.5, 0.6) is 0 Å². The number of amides is 2. The van der Waals surface area contributed by atoms with Gasteiger partial charge in [-0.25, -0.2) is 0 Å². The Labute approximate surface area is 121 Å². The maximum absolute atomic E-state index is 12.3. The maximum Gasteiger partial charge on any atom is 0.305 e. The minimum absolute atomic E-state index is 0.109. The molecule has 1 aromatic rings. The molecule has 2 amide bonds. The van der Waals surface area contributed by atoms with Crippen LogP contribution in [-0.4, -0.2) is 41.4 Å². The SMILES string of the molecule is CCc1cc(C(=O)N(C)CCC(=O)O)c(NC(C)=O)s1. The molecular weight excluding hydrogens is 280 g/mol. The Balaban J connectivity index is 2.92. The summed E-state index contributed by atoms with van der Waals surface area (Å²) in [7, 11) is 1.55. The predicted octanol–water partition coefficient (Wildman–Crippen LogP) is 1.82. The highest BCUT2D eigenvalue weighted by molar-refractivity contribution is 7.16. The molecule has 0 atom stereocenters. The molecule has 0 radical (unpaired) electrons. The van der Waals surface area contributed by atoms with Gasteiger partial charge in [-0.3, -0.25) is 14.4 Å². The zero-order valence-electron chi connectivity index (χ0n) is 11.7. The lowest BCUT2D eigenvalue weighted by Crippen LogP contribution is -2.29. The molecule has 0 bridgehead atoms. The van der Waals surface area contributed by atoms with Crippen LogP contribution in [0.2, 0.25) is 0 Å². The van der Waals surface area contributed by atoms with Gasteiger partial charge < -0.3 is 15.3 Å². The standard InChI is InChI=1S/C13H18N2O4S/c1-4-9-7-10(12(20-9)14-8(2)16)13(19)15(3)6-5-11(17)18/h7H,4-6H2,1-3H3,(H,14,16)(H,17,18). The number of carboxylic acid groups (broad SMARTS) is 1. The van der Waals surface area contributed by atoms with E-state index in [0.717, 1.165) is 11.3 Å². The molecule has 0 aromatic carbocycles. The highest BCUT2D eigenvalue weighted by Gasteiger charge is 2.20. The van der Waals surface area contributed by atoms with Gasteiger partial charge >= 0.3 is 5.97 Å². The summed E-state index contributed by atoms with van der Waals surface area (Å²) < 4.78 is 0. The van der Waals surface area contributed by atoms with Crippen molar-refractivity contribution in [2.24, 2.45) is 0 Å². The highest BCUT2D eigenvalue weighted by Crippen LogP contribution is 2.29. The van der Waals surface area contributed by atoms with Crippen LogP contribution in [-0.2, 0) is 16.0 Å². The third-order valence-electron chi connectivity index (χ3n) is 2.66. The van der Waals surface area contributed by atoms with Crippen molar-refractivity contribution in [1.29, 1.82) is 0 Å². The molecule has 0 saturated heterocycles. The van der Waals surface area contributed by atoms with E-state index < -0.39 is 5.97 Å². The Kier molecular flexibility index (Phi) is 5.69. The third-order valence-corrected chi connectivity index (χ3v) is 3.85. The number of nitrogens with one attached hydrogen (secondary N) is 1. The lowest BCUT2D eigenvalue weighted by Gasteiger charge is -2.16. The van der Waals surface area contributed by atoms with Crippen molar-refractivity contribution in [2.45, 2.75) is 26.7 Å². The summed E-state index contributed by atoms with van der Waals surface area (Å²) in [6.07, 6.45) is 0.659. The Hall–Kier alpha value is -1.89. The minimum atomic E-state index is -0.952. The van der Waals surface area contributed by atoms with Crippen LogP contribution in [0, 0.1) is 0 Å². The summed E-state index contributed by atoms with van der Waals surface area (Å²) in [6, 6.07) is 1.75. The first-order valence-corrected chi connectivity index (χ1v) is 7.04. The number of anilines is 1. The number of rotatable bonds is 6. The van der Waals surface area contributed by atoms with Crippen molar-refractivity contribution < 1.29 is 19.5 Å². The normalized spacial score (nSPS) is 10.2. The Morgan fingerprint density at radius 2 is 2.05 bits per heavy atom. The molecular formula is C13H18N2O4S. The van der Waals surface area contributed by atoms with Crippen LogP contribution >= 0.6 is 11.3 Å². The lowest BCUT2D eigenvalue weighted by atomic mass is 10.2. The minimum Gasteiger partial charge on any atom is -0.481 e. The van der Waals surface area contributed by atoms with E-state index in [0.29, 0.717) is 10.6 Å². The first-order valence-electron chi connectivity index (χ1n) is 6.22.